The Morgan fingerprint density at radius 1 is 1.53 bits per heavy atom. The fraction of sp³-hybridized carbons (Fsp3) is 0.917. The standard InChI is InChI=1S/C12H23NO2/c1-3-9(2)11(14)8-13-12(15)7-10-5-4-6-10/h9-11,14H,3-8H2,1-2H3,(H,13,15). The molecule has 0 aliphatic heterocycles. The molecule has 2 unspecified atom stereocenters. The molecule has 15 heavy (non-hydrogen) atoms. The third kappa shape index (κ3) is 4.20. The van der Waals surface area contributed by atoms with Crippen molar-refractivity contribution >= 4 is 5.91 Å². The molecule has 0 aromatic carbocycles. The van der Waals surface area contributed by atoms with Gasteiger partial charge in [0.15, 0.2) is 0 Å². The first-order chi connectivity index (χ1) is 7.13. The number of carbonyl (C=O) groups excluding carboxylic acids is 1. The van der Waals surface area contributed by atoms with Gasteiger partial charge in [-0.15, -0.1) is 0 Å². The molecule has 88 valence electrons. The second kappa shape index (κ2) is 6.11. The molecule has 0 aromatic heterocycles. The fourth-order valence-electron chi connectivity index (χ4n) is 1.72. The minimum Gasteiger partial charge on any atom is -0.391 e. The lowest BCUT2D eigenvalue weighted by Gasteiger charge is -2.25. The van der Waals surface area contributed by atoms with Crippen molar-refractivity contribution in [1.29, 1.82) is 0 Å². The van der Waals surface area contributed by atoms with Crippen LogP contribution in [0, 0.1) is 11.8 Å². The fourth-order valence-corrected chi connectivity index (χ4v) is 1.72. The molecule has 0 radical (unpaired) electrons. The summed E-state index contributed by atoms with van der Waals surface area (Å²) in [6.45, 7) is 4.45. The molecule has 1 rings (SSSR count). The maximum Gasteiger partial charge on any atom is 0.220 e. The van der Waals surface area contributed by atoms with Crippen LogP contribution in [0.2, 0.25) is 0 Å². The molecule has 2 N–H and O–H groups in total. The average molecular weight is 213 g/mol. The Kier molecular flexibility index (Phi) is 5.09. The SMILES string of the molecule is CCC(C)C(O)CNC(=O)CC1CCC1. The van der Waals surface area contributed by atoms with E-state index in [9.17, 15) is 9.90 Å². The van der Waals surface area contributed by atoms with E-state index in [0.29, 0.717) is 18.9 Å². The van der Waals surface area contributed by atoms with Gasteiger partial charge < -0.3 is 10.4 Å². The van der Waals surface area contributed by atoms with Crippen LogP contribution in [-0.4, -0.2) is 23.7 Å². The Morgan fingerprint density at radius 2 is 2.20 bits per heavy atom. The van der Waals surface area contributed by atoms with Gasteiger partial charge in [0.1, 0.15) is 0 Å². The zero-order chi connectivity index (χ0) is 11.3. The topological polar surface area (TPSA) is 49.3 Å². The molecule has 0 bridgehead atoms. The number of nitrogens with one attached hydrogen (secondary N) is 1. The summed E-state index contributed by atoms with van der Waals surface area (Å²) in [4.78, 5) is 11.4. The highest BCUT2D eigenvalue weighted by atomic mass is 16.3. The Morgan fingerprint density at radius 3 is 2.67 bits per heavy atom. The van der Waals surface area contributed by atoms with E-state index in [2.05, 4.69) is 5.32 Å². The molecule has 2 atom stereocenters. The first kappa shape index (κ1) is 12.5. The van der Waals surface area contributed by atoms with Crippen molar-refractivity contribution in [1.82, 2.24) is 5.32 Å². The molecule has 3 nitrogen and oxygen atoms in total. The van der Waals surface area contributed by atoms with Crippen LogP contribution >= 0.6 is 0 Å². The lowest BCUT2D eigenvalue weighted by molar-refractivity contribution is -0.123. The molecule has 1 fully saturated rings. The number of aliphatic hydroxyl groups is 1. The van der Waals surface area contributed by atoms with Crippen molar-refractivity contribution in [2.45, 2.75) is 52.1 Å². The van der Waals surface area contributed by atoms with Crippen molar-refractivity contribution in [2.75, 3.05) is 6.54 Å². The predicted octanol–water partition coefficient (Wildman–Crippen LogP) is 1.70. The lowest BCUT2D eigenvalue weighted by Crippen LogP contribution is -2.36. The predicted molar refractivity (Wildman–Crippen MR) is 60.4 cm³/mol. The molecule has 3 heteroatoms. The van der Waals surface area contributed by atoms with Crippen molar-refractivity contribution in [3.8, 4) is 0 Å². The Hall–Kier alpha value is -0.570. The summed E-state index contributed by atoms with van der Waals surface area (Å²) in [5.74, 6) is 0.960. The van der Waals surface area contributed by atoms with E-state index < -0.39 is 6.10 Å². The summed E-state index contributed by atoms with van der Waals surface area (Å²) in [6, 6.07) is 0. The number of hydrogen-bond acceptors (Lipinski definition) is 2. The smallest absolute Gasteiger partial charge is 0.220 e. The summed E-state index contributed by atoms with van der Waals surface area (Å²) in [5, 5.41) is 12.5. The van der Waals surface area contributed by atoms with Gasteiger partial charge in [-0.3, -0.25) is 4.79 Å². The summed E-state index contributed by atoms with van der Waals surface area (Å²) >= 11 is 0. The first-order valence-electron chi connectivity index (χ1n) is 6.08. The lowest BCUT2D eigenvalue weighted by atomic mass is 9.83. The van der Waals surface area contributed by atoms with Gasteiger partial charge in [-0.25, -0.2) is 0 Å². The highest BCUT2D eigenvalue weighted by Gasteiger charge is 2.21. The van der Waals surface area contributed by atoms with E-state index in [1.807, 2.05) is 13.8 Å². The minimum absolute atomic E-state index is 0.0991. The molecule has 1 aliphatic rings. The van der Waals surface area contributed by atoms with Gasteiger partial charge in [0.2, 0.25) is 5.91 Å². The number of amides is 1. The van der Waals surface area contributed by atoms with Crippen LogP contribution in [0.1, 0.15) is 46.0 Å². The van der Waals surface area contributed by atoms with Gasteiger partial charge in [0, 0.05) is 13.0 Å². The first-order valence-corrected chi connectivity index (χ1v) is 6.08. The van der Waals surface area contributed by atoms with Crippen LogP contribution in [0.25, 0.3) is 0 Å². The van der Waals surface area contributed by atoms with Crippen LogP contribution in [0.4, 0.5) is 0 Å². The quantitative estimate of drug-likeness (QED) is 0.705. The van der Waals surface area contributed by atoms with Crippen LogP contribution < -0.4 is 5.32 Å². The molecule has 1 saturated carbocycles. The number of hydrogen-bond donors (Lipinski definition) is 2. The summed E-state index contributed by atoms with van der Waals surface area (Å²) < 4.78 is 0. The van der Waals surface area contributed by atoms with Crippen LogP contribution in [0.15, 0.2) is 0 Å². The molecular weight excluding hydrogens is 190 g/mol. The molecule has 0 aromatic rings. The van der Waals surface area contributed by atoms with Gasteiger partial charge in [-0.05, 0) is 24.7 Å². The maximum absolute atomic E-state index is 11.4. The van der Waals surface area contributed by atoms with Gasteiger partial charge in [0.25, 0.3) is 0 Å². The second-order valence-corrected chi connectivity index (χ2v) is 4.76. The van der Waals surface area contributed by atoms with Gasteiger partial charge in [-0.2, -0.15) is 0 Å². The van der Waals surface area contributed by atoms with E-state index in [0.717, 1.165) is 6.42 Å². The largest absolute Gasteiger partial charge is 0.391 e. The minimum atomic E-state index is -0.402. The van der Waals surface area contributed by atoms with Gasteiger partial charge in [-0.1, -0.05) is 26.7 Å². The average Bonchev–Trinajstić information content (AvgIpc) is 2.18. The normalized spacial score (nSPS) is 20.5. The number of rotatable bonds is 6. The van der Waals surface area contributed by atoms with Crippen LogP contribution in [0.3, 0.4) is 0 Å². The maximum atomic E-state index is 11.4. The summed E-state index contributed by atoms with van der Waals surface area (Å²) in [7, 11) is 0. The van der Waals surface area contributed by atoms with Gasteiger partial charge in [0.05, 0.1) is 6.10 Å². The molecule has 0 spiro atoms. The second-order valence-electron chi connectivity index (χ2n) is 4.76. The van der Waals surface area contributed by atoms with E-state index in [-0.39, 0.29) is 11.8 Å². The summed E-state index contributed by atoms with van der Waals surface area (Å²) in [6.07, 6.45) is 4.85. The molecular formula is C12H23NO2. The van der Waals surface area contributed by atoms with Crippen molar-refractivity contribution in [3.05, 3.63) is 0 Å². The van der Waals surface area contributed by atoms with Crippen molar-refractivity contribution in [3.63, 3.8) is 0 Å². The Labute approximate surface area is 92.3 Å². The molecule has 1 amide bonds. The Balaban J connectivity index is 2.09. The molecule has 0 heterocycles. The molecule has 1 aliphatic carbocycles. The van der Waals surface area contributed by atoms with Gasteiger partial charge >= 0.3 is 0 Å². The van der Waals surface area contributed by atoms with E-state index in [1.165, 1.54) is 19.3 Å². The molecule has 0 saturated heterocycles. The highest BCUT2D eigenvalue weighted by Crippen LogP contribution is 2.29. The number of aliphatic hydroxyl groups excluding tert-OH is 1. The monoisotopic (exact) mass is 213 g/mol. The number of carbonyl (C=O) groups is 1. The highest BCUT2D eigenvalue weighted by molar-refractivity contribution is 5.76. The Bertz CT molecular complexity index is 202. The zero-order valence-corrected chi connectivity index (χ0v) is 9.83. The van der Waals surface area contributed by atoms with E-state index >= 15 is 0 Å². The van der Waals surface area contributed by atoms with Crippen molar-refractivity contribution in [2.24, 2.45) is 11.8 Å². The van der Waals surface area contributed by atoms with E-state index in [4.69, 9.17) is 0 Å². The third-order valence-electron chi connectivity index (χ3n) is 3.51. The van der Waals surface area contributed by atoms with E-state index in [1.54, 1.807) is 0 Å². The van der Waals surface area contributed by atoms with Crippen molar-refractivity contribution < 1.29 is 9.90 Å². The van der Waals surface area contributed by atoms with Crippen LogP contribution in [-0.2, 0) is 4.79 Å². The third-order valence-corrected chi connectivity index (χ3v) is 3.51. The summed E-state index contributed by atoms with van der Waals surface area (Å²) in [5.41, 5.74) is 0. The zero-order valence-electron chi connectivity index (χ0n) is 9.83. The van der Waals surface area contributed by atoms with Crippen LogP contribution in [0.5, 0.6) is 0 Å².